The molecule has 3 aromatic carbocycles. The first-order chi connectivity index (χ1) is 13.7. The maximum atomic E-state index is 13.1. The Morgan fingerprint density at radius 2 is 1.79 bits per heavy atom. The minimum atomic E-state index is -0.445. The van der Waals surface area contributed by atoms with Gasteiger partial charge in [0.05, 0.1) is 17.6 Å². The predicted molar refractivity (Wildman–Crippen MR) is 109 cm³/mol. The van der Waals surface area contributed by atoms with Crippen LogP contribution in [0.3, 0.4) is 0 Å². The number of hydrogen-bond acceptors (Lipinski definition) is 5. The molecular weight excluding hydrogens is 352 g/mol. The van der Waals surface area contributed by atoms with Gasteiger partial charge in [0, 0.05) is 17.7 Å². The Morgan fingerprint density at radius 3 is 2.68 bits per heavy atom. The van der Waals surface area contributed by atoms with Gasteiger partial charge >= 0.3 is 0 Å². The molecule has 5 rings (SSSR count). The van der Waals surface area contributed by atoms with Crippen LogP contribution in [0.25, 0.3) is 21.7 Å². The number of nitrogens with one attached hydrogen (secondary N) is 1. The second-order valence-electron chi connectivity index (χ2n) is 6.82. The first-order valence-electron chi connectivity index (χ1n) is 9.07. The van der Waals surface area contributed by atoms with Crippen molar-refractivity contribution in [1.29, 1.82) is 0 Å². The molecule has 0 aliphatic carbocycles. The van der Waals surface area contributed by atoms with Crippen LogP contribution in [0.15, 0.2) is 87.3 Å². The third-order valence-electron chi connectivity index (χ3n) is 5.15. The molecule has 1 aromatic heterocycles. The number of hydrogen-bond donors (Lipinski definition) is 1. The Labute approximate surface area is 160 Å². The van der Waals surface area contributed by atoms with Crippen LogP contribution >= 0.6 is 0 Å². The third-order valence-corrected chi connectivity index (χ3v) is 5.15. The van der Waals surface area contributed by atoms with E-state index in [2.05, 4.69) is 10.5 Å². The monoisotopic (exact) mass is 368 g/mol. The summed E-state index contributed by atoms with van der Waals surface area (Å²) in [6, 6.07) is 20.5. The quantitative estimate of drug-likeness (QED) is 0.557. The first kappa shape index (κ1) is 16.4. The van der Waals surface area contributed by atoms with Gasteiger partial charge in [-0.3, -0.25) is 9.59 Å². The molecule has 1 atom stereocenters. The summed E-state index contributed by atoms with van der Waals surface area (Å²) in [5.74, 6) is -0.631. The molecule has 2 heterocycles. The van der Waals surface area contributed by atoms with Crippen molar-refractivity contribution in [3.05, 3.63) is 94.3 Å². The molecule has 0 saturated carbocycles. The molecule has 0 radical (unpaired) electrons. The van der Waals surface area contributed by atoms with Crippen molar-refractivity contribution in [3.8, 4) is 0 Å². The van der Waals surface area contributed by atoms with E-state index < -0.39 is 5.92 Å². The van der Waals surface area contributed by atoms with Crippen LogP contribution in [0.2, 0.25) is 0 Å². The van der Waals surface area contributed by atoms with E-state index in [-0.39, 0.29) is 11.2 Å². The molecule has 0 saturated heterocycles. The summed E-state index contributed by atoms with van der Waals surface area (Å²) >= 11 is 0. The summed E-state index contributed by atoms with van der Waals surface area (Å²) < 4.78 is 5.63. The number of carbonyl (C=O) groups is 1. The van der Waals surface area contributed by atoms with Gasteiger partial charge in [-0.25, -0.2) is 0 Å². The highest BCUT2D eigenvalue weighted by Crippen LogP contribution is 2.24. The standard InChI is InChI=1S/C23H16N2O3/c26-22(16-10-9-14-5-1-2-6-15(14)11-16)21-18(12-24-25-21)19-13-28-20-8-4-3-7-17(20)23(19)27/h1-11,13,18,24H,12H2. The van der Waals surface area contributed by atoms with Crippen molar-refractivity contribution in [2.75, 3.05) is 6.54 Å². The summed E-state index contributed by atoms with van der Waals surface area (Å²) in [7, 11) is 0. The average Bonchev–Trinajstić information content (AvgIpc) is 3.23. The number of Topliss-reactive ketones (excluding diaryl/α,β-unsaturated/α-hetero) is 1. The zero-order valence-electron chi connectivity index (χ0n) is 14.9. The summed E-state index contributed by atoms with van der Waals surface area (Å²) in [6.07, 6.45) is 1.45. The second kappa shape index (κ2) is 6.46. The molecule has 5 nitrogen and oxygen atoms in total. The van der Waals surface area contributed by atoms with Gasteiger partial charge in [0.2, 0.25) is 5.78 Å². The molecule has 1 N–H and O–H groups in total. The van der Waals surface area contributed by atoms with Crippen molar-refractivity contribution < 1.29 is 9.21 Å². The number of hydrazone groups is 1. The van der Waals surface area contributed by atoms with Crippen molar-refractivity contribution in [2.24, 2.45) is 5.10 Å². The Balaban J connectivity index is 1.55. The van der Waals surface area contributed by atoms with Gasteiger partial charge in [-0.1, -0.05) is 48.5 Å². The molecular formula is C23H16N2O3. The highest BCUT2D eigenvalue weighted by Gasteiger charge is 2.32. The number of carbonyl (C=O) groups excluding carboxylic acids is 1. The van der Waals surface area contributed by atoms with Crippen LogP contribution in [0.1, 0.15) is 21.8 Å². The molecule has 1 aliphatic heterocycles. The summed E-state index contributed by atoms with van der Waals surface area (Å²) in [5.41, 5.74) is 4.59. The second-order valence-corrected chi connectivity index (χ2v) is 6.82. The van der Waals surface area contributed by atoms with E-state index >= 15 is 0 Å². The summed E-state index contributed by atoms with van der Waals surface area (Å²) in [6.45, 7) is 0.387. The largest absolute Gasteiger partial charge is 0.464 e. The Morgan fingerprint density at radius 1 is 1.00 bits per heavy atom. The van der Waals surface area contributed by atoms with E-state index in [1.54, 1.807) is 24.3 Å². The molecule has 0 amide bonds. The molecule has 4 aromatic rings. The minimum absolute atomic E-state index is 0.130. The smallest absolute Gasteiger partial charge is 0.209 e. The molecule has 5 heteroatoms. The Kier molecular flexibility index (Phi) is 3.79. The normalized spacial score (nSPS) is 16.1. The Hall–Kier alpha value is -3.73. The number of rotatable bonds is 3. The molecule has 0 spiro atoms. The van der Waals surface area contributed by atoms with E-state index in [0.29, 0.717) is 34.4 Å². The Bertz CT molecular complexity index is 1320. The van der Waals surface area contributed by atoms with Gasteiger partial charge in [0.1, 0.15) is 11.3 Å². The number of ketones is 1. The van der Waals surface area contributed by atoms with E-state index in [4.69, 9.17) is 4.42 Å². The summed E-state index contributed by atoms with van der Waals surface area (Å²) in [4.78, 5) is 26.1. The molecule has 28 heavy (non-hydrogen) atoms. The van der Waals surface area contributed by atoms with Crippen LogP contribution in [-0.2, 0) is 0 Å². The van der Waals surface area contributed by atoms with Crippen LogP contribution in [0.4, 0.5) is 0 Å². The van der Waals surface area contributed by atoms with Crippen LogP contribution in [0, 0.1) is 0 Å². The lowest BCUT2D eigenvalue weighted by Crippen LogP contribution is -2.26. The molecule has 1 aliphatic rings. The van der Waals surface area contributed by atoms with Gasteiger partial charge < -0.3 is 9.84 Å². The fraction of sp³-hybridized carbons (Fsp3) is 0.0870. The van der Waals surface area contributed by atoms with Crippen molar-refractivity contribution in [2.45, 2.75) is 5.92 Å². The third kappa shape index (κ3) is 2.60. The average molecular weight is 368 g/mol. The van der Waals surface area contributed by atoms with Gasteiger partial charge in [0.15, 0.2) is 5.43 Å². The highest BCUT2D eigenvalue weighted by molar-refractivity contribution is 6.48. The van der Waals surface area contributed by atoms with Gasteiger partial charge in [-0.2, -0.15) is 5.10 Å². The fourth-order valence-electron chi connectivity index (χ4n) is 3.67. The van der Waals surface area contributed by atoms with Gasteiger partial charge in [-0.05, 0) is 29.0 Å². The van der Waals surface area contributed by atoms with E-state index in [1.165, 1.54) is 6.26 Å². The lowest BCUT2D eigenvalue weighted by molar-refractivity contribution is 0.106. The summed E-state index contributed by atoms with van der Waals surface area (Å²) in [5, 5.41) is 6.77. The zero-order valence-corrected chi connectivity index (χ0v) is 14.9. The van der Waals surface area contributed by atoms with Crippen molar-refractivity contribution in [1.82, 2.24) is 5.43 Å². The molecule has 1 unspecified atom stereocenters. The topological polar surface area (TPSA) is 71.7 Å². The molecule has 0 bridgehead atoms. The number of benzene rings is 3. The first-order valence-corrected chi connectivity index (χ1v) is 9.07. The van der Waals surface area contributed by atoms with Gasteiger partial charge in [-0.15, -0.1) is 0 Å². The van der Waals surface area contributed by atoms with Crippen molar-refractivity contribution in [3.63, 3.8) is 0 Å². The van der Waals surface area contributed by atoms with E-state index in [0.717, 1.165) is 10.8 Å². The van der Waals surface area contributed by atoms with Gasteiger partial charge in [0.25, 0.3) is 0 Å². The minimum Gasteiger partial charge on any atom is -0.464 e. The number of fused-ring (bicyclic) bond motifs is 2. The number of para-hydroxylation sites is 1. The molecule has 136 valence electrons. The zero-order chi connectivity index (χ0) is 19.1. The predicted octanol–water partition coefficient (Wildman–Crippen LogP) is 3.87. The van der Waals surface area contributed by atoms with E-state index in [1.807, 2.05) is 42.5 Å². The number of nitrogens with zero attached hydrogens (tertiary/aromatic N) is 1. The lowest BCUT2D eigenvalue weighted by Gasteiger charge is -2.11. The molecule has 0 fully saturated rings. The maximum Gasteiger partial charge on any atom is 0.209 e. The SMILES string of the molecule is O=C(C1=NNCC1c1coc2ccccc2c1=O)c1ccc2ccccc2c1. The van der Waals surface area contributed by atoms with E-state index in [9.17, 15) is 9.59 Å². The lowest BCUT2D eigenvalue weighted by atomic mass is 9.90. The van der Waals surface area contributed by atoms with Crippen LogP contribution in [-0.4, -0.2) is 18.0 Å². The highest BCUT2D eigenvalue weighted by atomic mass is 16.3. The maximum absolute atomic E-state index is 13.1. The van der Waals surface area contributed by atoms with Crippen LogP contribution in [0.5, 0.6) is 0 Å². The van der Waals surface area contributed by atoms with Crippen molar-refractivity contribution >= 4 is 33.2 Å². The van der Waals surface area contributed by atoms with Crippen LogP contribution < -0.4 is 10.9 Å². The fourth-order valence-corrected chi connectivity index (χ4v) is 3.67.